The van der Waals surface area contributed by atoms with E-state index < -0.39 is 21.8 Å². The van der Waals surface area contributed by atoms with Gasteiger partial charge in [0.25, 0.3) is 0 Å². The van der Waals surface area contributed by atoms with Crippen LogP contribution in [0.3, 0.4) is 0 Å². The van der Waals surface area contributed by atoms with Crippen molar-refractivity contribution in [2.75, 3.05) is 19.1 Å². The quantitative estimate of drug-likeness (QED) is 0.246. The van der Waals surface area contributed by atoms with Crippen molar-refractivity contribution >= 4 is 27.5 Å². The first-order valence-corrected chi connectivity index (χ1v) is 12.2. The molecule has 0 atom stereocenters. The first-order chi connectivity index (χ1) is 16.7. The minimum Gasteiger partial charge on any atom is -0.465 e. The van der Waals surface area contributed by atoms with E-state index in [9.17, 15) is 18.0 Å². The normalized spacial score (nSPS) is 11.1. The van der Waals surface area contributed by atoms with E-state index >= 15 is 0 Å². The van der Waals surface area contributed by atoms with Crippen LogP contribution in [0, 0.1) is 0 Å². The standard InChI is InChI=1S/C25H21N3O6S/c1-33-24(29)17-7-11-18(12-8-17)28-15-20(25(30)34-22-6-4-3-5-21(22)26)23(27-28)16-9-13-19(14-10-16)35(2,31)32/h3-15H,26H2,1-2H3. The van der Waals surface area contributed by atoms with Gasteiger partial charge in [-0.05, 0) is 48.5 Å². The summed E-state index contributed by atoms with van der Waals surface area (Å²) in [4.78, 5) is 25.0. The number of benzene rings is 3. The molecule has 0 aliphatic heterocycles. The number of nitrogens with two attached hydrogens (primary N) is 1. The molecular weight excluding hydrogens is 470 g/mol. The van der Waals surface area contributed by atoms with Crippen LogP contribution in [0.2, 0.25) is 0 Å². The molecule has 1 aromatic heterocycles. The van der Waals surface area contributed by atoms with E-state index in [2.05, 4.69) is 5.10 Å². The van der Waals surface area contributed by atoms with Gasteiger partial charge in [0.15, 0.2) is 15.6 Å². The number of nitrogen functional groups attached to an aromatic ring is 1. The van der Waals surface area contributed by atoms with E-state index in [1.165, 1.54) is 30.1 Å². The minimum atomic E-state index is -3.39. The van der Waals surface area contributed by atoms with E-state index in [1.807, 2.05) is 0 Å². The van der Waals surface area contributed by atoms with Crippen molar-refractivity contribution < 1.29 is 27.5 Å². The van der Waals surface area contributed by atoms with Crippen LogP contribution in [0.25, 0.3) is 16.9 Å². The summed E-state index contributed by atoms with van der Waals surface area (Å²) in [6.45, 7) is 0. The maximum atomic E-state index is 13.1. The lowest BCUT2D eigenvalue weighted by Crippen LogP contribution is -2.10. The second kappa shape index (κ2) is 9.43. The van der Waals surface area contributed by atoms with Gasteiger partial charge in [0.1, 0.15) is 11.3 Å². The Morgan fingerprint density at radius 3 is 2.17 bits per heavy atom. The number of hydrogen-bond donors (Lipinski definition) is 1. The van der Waals surface area contributed by atoms with Gasteiger partial charge < -0.3 is 15.2 Å². The molecule has 178 valence electrons. The van der Waals surface area contributed by atoms with Gasteiger partial charge in [0.2, 0.25) is 0 Å². The summed E-state index contributed by atoms with van der Waals surface area (Å²) in [6, 6.07) is 19.1. The van der Waals surface area contributed by atoms with Gasteiger partial charge in [-0.15, -0.1) is 0 Å². The number of nitrogens with zero attached hydrogens (tertiary/aromatic N) is 2. The fourth-order valence-electron chi connectivity index (χ4n) is 3.33. The van der Waals surface area contributed by atoms with Crippen molar-refractivity contribution in [2.45, 2.75) is 4.90 Å². The molecular formula is C25H21N3O6S. The number of sulfone groups is 1. The van der Waals surface area contributed by atoms with Crippen LogP contribution in [0.5, 0.6) is 5.75 Å². The zero-order valence-corrected chi connectivity index (χ0v) is 19.7. The summed E-state index contributed by atoms with van der Waals surface area (Å²) in [5.41, 5.74) is 8.06. The number of anilines is 1. The van der Waals surface area contributed by atoms with Gasteiger partial charge >= 0.3 is 11.9 Å². The number of ether oxygens (including phenoxy) is 2. The molecule has 0 bridgehead atoms. The van der Waals surface area contributed by atoms with Gasteiger partial charge in [0.05, 0.1) is 28.9 Å². The fourth-order valence-corrected chi connectivity index (χ4v) is 3.96. The van der Waals surface area contributed by atoms with Crippen molar-refractivity contribution in [3.63, 3.8) is 0 Å². The molecule has 1 heterocycles. The van der Waals surface area contributed by atoms with Gasteiger partial charge in [-0.3, -0.25) is 0 Å². The molecule has 4 rings (SSSR count). The smallest absolute Gasteiger partial charge is 0.347 e. The lowest BCUT2D eigenvalue weighted by Gasteiger charge is -2.07. The molecule has 0 saturated carbocycles. The van der Waals surface area contributed by atoms with Gasteiger partial charge in [-0.1, -0.05) is 24.3 Å². The SMILES string of the molecule is COC(=O)c1ccc(-n2cc(C(=O)Oc3ccccc3N)c(-c3ccc(S(C)(=O)=O)cc3)n2)cc1. The highest BCUT2D eigenvalue weighted by atomic mass is 32.2. The molecule has 0 amide bonds. The molecule has 0 fully saturated rings. The molecule has 0 spiro atoms. The molecule has 0 aliphatic carbocycles. The van der Waals surface area contributed by atoms with Crippen molar-refractivity contribution in [1.29, 1.82) is 0 Å². The molecule has 3 aromatic carbocycles. The Labute approximate surface area is 201 Å². The van der Waals surface area contributed by atoms with Crippen LogP contribution in [0.4, 0.5) is 5.69 Å². The van der Waals surface area contributed by atoms with Crippen LogP contribution in [-0.2, 0) is 14.6 Å². The van der Waals surface area contributed by atoms with Gasteiger partial charge in [-0.25, -0.2) is 22.7 Å². The second-order valence-corrected chi connectivity index (χ2v) is 9.61. The maximum absolute atomic E-state index is 13.1. The highest BCUT2D eigenvalue weighted by Gasteiger charge is 2.22. The van der Waals surface area contributed by atoms with E-state index in [4.69, 9.17) is 15.2 Å². The number of aromatic nitrogens is 2. The molecule has 0 unspecified atom stereocenters. The monoisotopic (exact) mass is 491 g/mol. The third-order valence-electron chi connectivity index (χ3n) is 5.16. The number of hydrogen-bond acceptors (Lipinski definition) is 8. The third-order valence-corrected chi connectivity index (χ3v) is 6.29. The maximum Gasteiger partial charge on any atom is 0.347 e. The fraction of sp³-hybridized carbons (Fsp3) is 0.0800. The number of para-hydroxylation sites is 2. The van der Waals surface area contributed by atoms with Gasteiger partial charge in [-0.2, -0.15) is 5.10 Å². The van der Waals surface area contributed by atoms with Crippen LogP contribution in [-0.4, -0.2) is 43.5 Å². The Balaban J connectivity index is 1.77. The second-order valence-electron chi connectivity index (χ2n) is 7.60. The number of esters is 2. The average molecular weight is 492 g/mol. The summed E-state index contributed by atoms with van der Waals surface area (Å²) < 4.78 is 35.4. The number of carbonyl (C=O) groups excluding carboxylic acids is 2. The summed E-state index contributed by atoms with van der Waals surface area (Å²) in [7, 11) is -2.10. The highest BCUT2D eigenvalue weighted by Crippen LogP contribution is 2.28. The predicted octanol–water partition coefficient (Wildman–Crippen LogP) is 3.53. The number of carbonyl (C=O) groups is 2. The van der Waals surface area contributed by atoms with Gasteiger partial charge in [0, 0.05) is 18.0 Å². The first kappa shape index (κ1) is 23.7. The van der Waals surface area contributed by atoms with Crippen molar-refractivity contribution in [1.82, 2.24) is 9.78 Å². The Morgan fingerprint density at radius 1 is 0.914 bits per heavy atom. The Hall–Kier alpha value is -4.44. The predicted molar refractivity (Wildman–Crippen MR) is 129 cm³/mol. The summed E-state index contributed by atoms with van der Waals surface area (Å²) in [5.74, 6) is -0.970. The summed E-state index contributed by atoms with van der Waals surface area (Å²) in [5, 5.41) is 4.54. The molecule has 4 aromatic rings. The molecule has 9 nitrogen and oxygen atoms in total. The van der Waals surface area contributed by atoms with Crippen molar-refractivity contribution in [3.8, 4) is 22.7 Å². The van der Waals surface area contributed by atoms with E-state index in [0.717, 1.165) is 6.26 Å². The van der Waals surface area contributed by atoms with E-state index in [1.54, 1.807) is 60.7 Å². The molecule has 2 N–H and O–H groups in total. The third kappa shape index (κ3) is 5.07. The number of rotatable bonds is 6. The van der Waals surface area contributed by atoms with E-state index in [-0.39, 0.29) is 21.9 Å². The molecule has 35 heavy (non-hydrogen) atoms. The van der Waals surface area contributed by atoms with Crippen molar-refractivity contribution in [2.24, 2.45) is 0 Å². The molecule has 0 radical (unpaired) electrons. The minimum absolute atomic E-state index is 0.136. The largest absolute Gasteiger partial charge is 0.465 e. The van der Waals surface area contributed by atoms with Crippen LogP contribution in [0.15, 0.2) is 83.9 Å². The molecule has 0 aliphatic rings. The lowest BCUT2D eigenvalue weighted by molar-refractivity contribution is 0.0600. The Bertz CT molecular complexity index is 1510. The Kier molecular flexibility index (Phi) is 6.39. The zero-order chi connectivity index (χ0) is 25.2. The Morgan fingerprint density at radius 2 is 1.57 bits per heavy atom. The van der Waals surface area contributed by atoms with E-state index in [0.29, 0.717) is 22.5 Å². The van der Waals surface area contributed by atoms with Crippen LogP contribution >= 0.6 is 0 Å². The summed E-state index contributed by atoms with van der Waals surface area (Å²) >= 11 is 0. The zero-order valence-electron chi connectivity index (χ0n) is 18.8. The first-order valence-electron chi connectivity index (χ1n) is 10.3. The number of methoxy groups -OCH3 is 1. The molecule has 0 saturated heterocycles. The van der Waals surface area contributed by atoms with Crippen LogP contribution in [0.1, 0.15) is 20.7 Å². The lowest BCUT2D eigenvalue weighted by atomic mass is 10.1. The van der Waals surface area contributed by atoms with Crippen LogP contribution < -0.4 is 10.5 Å². The highest BCUT2D eigenvalue weighted by molar-refractivity contribution is 7.90. The topological polar surface area (TPSA) is 131 Å². The average Bonchev–Trinajstić information content (AvgIpc) is 3.30. The van der Waals surface area contributed by atoms with Crippen molar-refractivity contribution in [3.05, 3.63) is 90.1 Å². The summed E-state index contributed by atoms with van der Waals surface area (Å²) in [6.07, 6.45) is 2.61. The molecule has 10 heteroatoms.